The Labute approximate surface area is 116 Å². The van der Waals surface area contributed by atoms with Crippen LogP contribution in [0.25, 0.3) is 0 Å². The van der Waals surface area contributed by atoms with E-state index in [9.17, 15) is 13.2 Å². The number of amides is 1. The molecule has 1 aliphatic heterocycles. The third-order valence-electron chi connectivity index (χ3n) is 3.12. The van der Waals surface area contributed by atoms with Crippen molar-refractivity contribution < 1.29 is 17.9 Å². The van der Waals surface area contributed by atoms with Gasteiger partial charge in [-0.3, -0.25) is 4.79 Å². The summed E-state index contributed by atoms with van der Waals surface area (Å²) in [6.45, 7) is 0.906. The summed E-state index contributed by atoms with van der Waals surface area (Å²) in [7, 11) is -3.93. The van der Waals surface area contributed by atoms with Gasteiger partial charge in [-0.15, -0.1) is 0 Å². The maximum Gasteiger partial charge on any atom is 0.242 e. The molecule has 8 nitrogen and oxygen atoms in total. The molecule has 0 radical (unpaired) electrons. The van der Waals surface area contributed by atoms with Crippen LogP contribution in [0.2, 0.25) is 0 Å². The second-order valence-electron chi connectivity index (χ2n) is 4.42. The summed E-state index contributed by atoms with van der Waals surface area (Å²) in [6.07, 6.45) is 0. The molecule has 1 unspecified atom stereocenters. The van der Waals surface area contributed by atoms with Crippen molar-refractivity contribution in [1.82, 2.24) is 0 Å². The number of hydrogen-bond acceptors (Lipinski definition) is 6. The Hall–Kier alpha value is -1.84. The van der Waals surface area contributed by atoms with Crippen LogP contribution >= 0.6 is 0 Å². The van der Waals surface area contributed by atoms with E-state index in [-0.39, 0.29) is 17.2 Å². The summed E-state index contributed by atoms with van der Waals surface area (Å²) in [6, 6.07) is 3.75. The van der Waals surface area contributed by atoms with Gasteiger partial charge in [0.25, 0.3) is 0 Å². The first-order valence-electron chi connectivity index (χ1n) is 5.87. The number of primary sulfonamides is 1. The molecule has 1 aromatic rings. The number of sulfonamides is 1. The van der Waals surface area contributed by atoms with Crippen LogP contribution in [0, 0.1) is 0 Å². The molecule has 1 fully saturated rings. The van der Waals surface area contributed by atoms with Gasteiger partial charge in [0.15, 0.2) is 0 Å². The van der Waals surface area contributed by atoms with Crippen molar-refractivity contribution in [1.29, 1.82) is 0 Å². The van der Waals surface area contributed by atoms with E-state index in [1.54, 1.807) is 11.0 Å². The predicted octanol–water partition coefficient (Wildman–Crippen LogP) is -1.39. The Balaban J connectivity index is 2.49. The maximum atomic E-state index is 11.5. The Morgan fingerprint density at radius 2 is 2.10 bits per heavy atom. The highest BCUT2D eigenvalue weighted by atomic mass is 32.2. The van der Waals surface area contributed by atoms with Gasteiger partial charge in [0.1, 0.15) is 10.9 Å². The largest absolute Gasteiger partial charge is 0.396 e. The smallest absolute Gasteiger partial charge is 0.242 e. The fourth-order valence-electron chi connectivity index (χ4n) is 2.16. The number of para-hydroxylation sites is 1. The fraction of sp³-hybridized carbons (Fsp3) is 0.364. The van der Waals surface area contributed by atoms with Crippen LogP contribution in [0.3, 0.4) is 0 Å². The summed E-state index contributed by atoms with van der Waals surface area (Å²) in [5, 5.41) is 5.11. The molecule has 1 saturated heterocycles. The predicted molar refractivity (Wildman–Crippen MR) is 73.4 cm³/mol. The quantitative estimate of drug-likeness (QED) is 0.586. The highest BCUT2D eigenvalue weighted by Gasteiger charge is 2.30. The molecular weight excluding hydrogens is 284 g/mol. The van der Waals surface area contributed by atoms with Crippen LogP contribution in [0.1, 0.15) is 0 Å². The van der Waals surface area contributed by atoms with E-state index in [0.717, 1.165) is 0 Å². The van der Waals surface area contributed by atoms with Crippen LogP contribution in [-0.2, 0) is 19.6 Å². The third-order valence-corrected chi connectivity index (χ3v) is 4.09. The molecule has 1 aliphatic rings. The van der Waals surface area contributed by atoms with Gasteiger partial charge in [-0.05, 0) is 12.1 Å². The minimum atomic E-state index is -3.93. The Morgan fingerprint density at radius 1 is 1.40 bits per heavy atom. The van der Waals surface area contributed by atoms with Gasteiger partial charge in [0.05, 0.1) is 24.6 Å². The third kappa shape index (κ3) is 2.69. The van der Waals surface area contributed by atoms with Crippen molar-refractivity contribution in [3.63, 3.8) is 0 Å². The van der Waals surface area contributed by atoms with Crippen LogP contribution in [0.15, 0.2) is 23.1 Å². The number of hydrogen-bond donors (Lipinski definition) is 3. The minimum Gasteiger partial charge on any atom is -0.396 e. The van der Waals surface area contributed by atoms with E-state index in [0.29, 0.717) is 18.8 Å². The molecule has 6 N–H and O–H groups in total. The first kappa shape index (κ1) is 14.6. The zero-order valence-electron chi connectivity index (χ0n) is 10.7. The van der Waals surface area contributed by atoms with Crippen molar-refractivity contribution >= 4 is 27.3 Å². The average molecular weight is 300 g/mol. The van der Waals surface area contributed by atoms with E-state index >= 15 is 0 Å². The van der Waals surface area contributed by atoms with Crippen LogP contribution in [0.5, 0.6) is 0 Å². The molecule has 110 valence electrons. The van der Waals surface area contributed by atoms with Crippen molar-refractivity contribution in [2.45, 2.75) is 10.9 Å². The molecule has 0 saturated carbocycles. The van der Waals surface area contributed by atoms with E-state index in [2.05, 4.69) is 0 Å². The van der Waals surface area contributed by atoms with Crippen molar-refractivity contribution in [3.8, 4) is 0 Å². The molecule has 1 aromatic carbocycles. The number of nitrogens with zero attached hydrogens (tertiary/aromatic N) is 1. The molecule has 0 aromatic heterocycles. The van der Waals surface area contributed by atoms with Gasteiger partial charge >= 0.3 is 0 Å². The lowest BCUT2D eigenvalue weighted by Crippen LogP contribution is -2.52. The molecule has 0 spiro atoms. The summed E-state index contributed by atoms with van der Waals surface area (Å²) in [5.41, 5.74) is 11.6. The molecule has 0 bridgehead atoms. The molecule has 1 heterocycles. The zero-order valence-corrected chi connectivity index (χ0v) is 11.5. The van der Waals surface area contributed by atoms with Crippen LogP contribution in [-0.4, -0.2) is 40.1 Å². The number of morpholine rings is 1. The molecular formula is C11H16N4O4S. The average Bonchev–Trinajstić information content (AvgIpc) is 2.37. The zero-order chi connectivity index (χ0) is 14.9. The molecule has 1 amide bonds. The second-order valence-corrected chi connectivity index (χ2v) is 5.95. The number of anilines is 2. The van der Waals surface area contributed by atoms with Gasteiger partial charge in [-0.2, -0.15) is 0 Å². The van der Waals surface area contributed by atoms with E-state index < -0.39 is 22.0 Å². The number of rotatable bonds is 3. The molecule has 1 atom stereocenters. The SMILES string of the molecule is NC(=O)C1COCCN1c1cccc(S(N)(=O)=O)c1N. The molecule has 0 aliphatic carbocycles. The van der Waals surface area contributed by atoms with Crippen molar-refractivity contribution in [2.24, 2.45) is 10.9 Å². The van der Waals surface area contributed by atoms with Crippen LogP contribution < -0.4 is 21.5 Å². The van der Waals surface area contributed by atoms with Gasteiger partial charge in [-0.1, -0.05) is 6.07 Å². The maximum absolute atomic E-state index is 11.5. The summed E-state index contributed by atoms with van der Waals surface area (Å²) in [5.74, 6) is -0.565. The van der Waals surface area contributed by atoms with E-state index in [1.807, 2.05) is 0 Å². The summed E-state index contributed by atoms with van der Waals surface area (Å²) in [4.78, 5) is 12.9. The number of carbonyl (C=O) groups is 1. The lowest BCUT2D eigenvalue weighted by Gasteiger charge is -2.36. The van der Waals surface area contributed by atoms with Crippen molar-refractivity contribution in [3.05, 3.63) is 18.2 Å². The topological polar surface area (TPSA) is 142 Å². The number of nitrogens with two attached hydrogens (primary N) is 3. The fourth-order valence-corrected chi connectivity index (χ4v) is 2.84. The number of primary amides is 1. The first-order valence-corrected chi connectivity index (χ1v) is 7.42. The van der Waals surface area contributed by atoms with E-state index in [1.165, 1.54) is 12.1 Å². The summed E-state index contributed by atoms with van der Waals surface area (Å²) < 4.78 is 28.1. The standard InChI is InChI=1S/C11H16N4O4S/c12-10-7(2-1-3-9(10)20(14,17)18)15-4-5-19-6-8(15)11(13)16/h1-3,8H,4-6,12H2,(H2,13,16)(H2,14,17,18). The van der Waals surface area contributed by atoms with Gasteiger partial charge in [-0.25, -0.2) is 13.6 Å². The Bertz CT molecular complexity index is 631. The van der Waals surface area contributed by atoms with Gasteiger partial charge < -0.3 is 21.1 Å². The van der Waals surface area contributed by atoms with Gasteiger partial charge in [0.2, 0.25) is 15.9 Å². The Morgan fingerprint density at radius 3 is 2.70 bits per heavy atom. The highest BCUT2D eigenvalue weighted by molar-refractivity contribution is 7.89. The monoisotopic (exact) mass is 300 g/mol. The van der Waals surface area contributed by atoms with E-state index in [4.69, 9.17) is 21.3 Å². The number of carbonyl (C=O) groups excluding carboxylic acids is 1. The Kier molecular flexibility index (Phi) is 3.84. The highest BCUT2D eigenvalue weighted by Crippen LogP contribution is 2.31. The van der Waals surface area contributed by atoms with Gasteiger partial charge in [0, 0.05) is 6.54 Å². The minimum absolute atomic E-state index is 0.00292. The number of ether oxygens (including phenoxy) is 1. The number of nitrogen functional groups attached to an aromatic ring is 1. The van der Waals surface area contributed by atoms with Crippen molar-refractivity contribution in [2.75, 3.05) is 30.4 Å². The number of benzene rings is 1. The lowest BCUT2D eigenvalue weighted by atomic mass is 10.1. The molecule has 20 heavy (non-hydrogen) atoms. The molecule has 2 rings (SSSR count). The summed E-state index contributed by atoms with van der Waals surface area (Å²) >= 11 is 0. The first-order chi connectivity index (χ1) is 9.32. The molecule has 9 heteroatoms. The normalized spacial score (nSPS) is 19.9. The second kappa shape index (κ2) is 5.27. The van der Waals surface area contributed by atoms with Crippen LogP contribution in [0.4, 0.5) is 11.4 Å². The lowest BCUT2D eigenvalue weighted by molar-refractivity contribution is -0.121.